The maximum absolute atomic E-state index is 14.4. The van der Waals surface area contributed by atoms with E-state index in [1.807, 2.05) is 47.4 Å². The fraction of sp³-hybridized carbons (Fsp3) is 0.459. The van der Waals surface area contributed by atoms with Crippen LogP contribution in [0.2, 0.25) is 5.02 Å². The van der Waals surface area contributed by atoms with Gasteiger partial charge in [-0.25, -0.2) is 0 Å². The smallest absolute Gasteiger partial charge is 0.311 e. The molecule has 268 valence electrons. The van der Waals surface area contributed by atoms with Gasteiger partial charge >= 0.3 is 5.97 Å². The van der Waals surface area contributed by atoms with Gasteiger partial charge in [0.2, 0.25) is 12.7 Å². The standard InChI is InChI=1S/C37H44ClN3O9/c1-4-6-16-39(17-7-5-2)34(42)21-40-20-30(27-12-15-32-33(19-27)49-24-48-32)35(36(40)26-10-13-29(46-3)14-11-26)37(43)47-22-25-8-9-28(31(38)18-25)23-50-41(44)45/h8-15,18-19,30,35-36H,4-7,16-17,20-24H2,1-3H3/t30-,35-,36+/m1/s1. The number of nitrogens with zero attached hydrogens (tertiary/aromatic N) is 3. The van der Waals surface area contributed by atoms with Crippen LogP contribution in [0.25, 0.3) is 0 Å². The third-order valence-electron chi connectivity index (χ3n) is 9.23. The monoisotopic (exact) mass is 709 g/mol. The molecule has 12 nitrogen and oxygen atoms in total. The van der Waals surface area contributed by atoms with Crippen molar-refractivity contribution in [2.45, 2.75) is 64.7 Å². The number of esters is 1. The van der Waals surface area contributed by atoms with Gasteiger partial charge in [-0.05, 0) is 65.4 Å². The zero-order valence-electron chi connectivity index (χ0n) is 28.7. The summed E-state index contributed by atoms with van der Waals surface area (Å²) in [5, 5.41) is 10.0. The molecule has 1 amide bonds. The third kappa shape index (κ3) is 8.97. The minimum Gasteiger partial charge on any atom is -0.497 e. The first kappa shape index (κ1) is 36.7. The largest absolute Gasteiger partial charge is 0.497 e. The van der Waals surface area contributed by atoms with Gasteiger partial charge in [0.25, 0.3) is 5.09 Å². The van der Waals surface area contributed by atoms with E-state index in [0.29, 0.717) is 48.0 Å². The van der Waals surface area contributed by atoms with Crippen LogP contribution in [0.15, 0.2) is 60.7 Å². The second-order valence-electron chi connectivity index (χ2n) is 12.5. The molecule has 1 fully saturated rings. The molecule has 0 saturated carbocycles. The van der Waals surface area contributed by atoms with E-state index in [0.717, 1.165) is 36.8 Å². The Kier molecular flexibility index (Phi) is 12.8. The van der Waals surface area contributed by atoms with Gasteiger partial charge in [0.05, 0.1) is 19.6 Å². The van der Waals surface area contributed by atoms with Crippen molar-refractivity contribution in [2.75, 3.05) is 40.1 Å². The molecule has 0 aromatic heterocycles. The molecular formula is C37H44ClN3O9. The minimum absolute atomic E-state index is 0.0275. The normalized spacial score (nSPS) is 18.1. The molecular weight excluding hydrogens is 666 g/mol. The summed E-state index contributed by atoms with van der Waals surface area (Å²) in [6.45, 7) is 5.91. The molecule has 0 N–H and O–H groups in total. The molecule has 13 heteroatoms. The summed E-state index contributed by atoms with van der Waals surface area (Å²) in [4.78, 5) is 47.5. The number of carbonyl (C=O) groups excluding carboxylic acids is 2. The number of likely N-dealkylation sites (tertiary alicyclic amines) is 1. The lowest BCUT2D eigenvalue weighted by atomic mass is 9.82. The SMILES string of the molecule is CCCCN(CCCC)C(=O)CN1C[C@H](c2ccc3c(c2)OCO3)[C@@H](C(=O)OCc2ccc(CO[N+](=O)[O-])c(Cl)c2)[C@@H]1c1ccc(OC)cc1. The summed E-state index contributed by atoms with van der Waals surface area (Å²) in [6, 6.07) is 17.7. The van der Waals surface area contributed by atoms with E-state index in [9.17, 15) is 19.7 Å². The second-order valence-corrected chi connectivity index (χ2v) is 12.9. The molecule has 2 heterocycles. The maximum Gasteiger partial charge on any atom is 0.311 e. The zero-order valence-corrected chi connectivity index (χ0v) is 29.4. The molecule has 0 bridgehead atoms. The zero-order chi connectivity index (χ0) is 35.6. The predicted octanol–water partition coefficient (Wildman–Crippen LogP) is 6.71. The Hall–Kier alpha value is -4.55. The van der Waals surface area contributed by atoms with Crippen LogP contribution < -0.4 is 14.2 Å². The third-order valence-corrected chi connectivity index (χ3v) is 9.58. The number of rotatable bonds is 17. The summed E-state index contributed by atoms with van der Waals surface area (Å²) in [7, 11) is 1.60. The van der Waals surface area contributed by atoms with Crippen molar-refractivity contribution in [3.8, 4) is 17.2 Å². The Morgan fingerprint density at radius 1 is 0.960 bits per heavy atom. The Morgan fingerprint density at radius 3 is 2.32 bits per heavy atom. The van der Waals surface area contributed by atoms with E-state index in [-0.39, 0.29) is 43.4 Å². The van der Waals surface area contributed by atoms with Crippen LogP contribution in [-0.4, -0.2) is 66.8 Å². The molecule has 5 rings (SSSR count). The first-order chi connectivity index (χ1) is 24.2. The average molecular weight is 710 g/mol. The number of ether oxygens (including phenoxy) is 4. The fourth-order valence-corrected chi connectivity index (χ4v) is 6.82. The lowest BCUT2D eigenvalue weighted by Crippen LogP contribution is -2.42. The summed E-state index contributed by atoms with van der Waals surface area (Å²) in [5.74, 6) is 0.465. The van der Waals surface area contributed by atoms with Crippen molar-refractivity contribution in [1.29, 1.82) is 0 Å². The summed E-state index contributed by atoms with van der Waals surface area (Å²) < 4.78 is 22.7. The quantitative estimate of drug-likeness (QED) is 0.0847. The van der Waals surface area contributed by atoms with E-state index in [1.165, 1.54) is 0 Å². The second kappa shape index (κ2) is 17.4. The van der Waals surface area contributed by atoms with Gasteiger partial charge in [0.15, 0.2) is 11.5 Å². The van der Waals surface area contributed by atoms with Gasteiger partial charge in [-0.3, -0.25) is 14.5 Å². The number of benzene rings is 3. The molecule has 2 aliphatic rings. The van der Waals surface area contributed by atoms with Crippen LogP contribution in [0, 0.1) is 16.0 Å². The van der Waals surface area contributed by atoms with Crippen molar-refractivity contribution in [3.05, 3.63) is 98.1 Å². The molecule has 50 heavy (non-hydrogen) atoms. The number of methoxy groups -OCH3 is 1. The number of halogens is 1. The van der Waals surface area contributed by atoms with Gasteiger partial charge in [-0.2, -0.15) is 0 Å². The highest BCUT2D eigenvalue weighted by atomic mass is 35.5. The van der Waals surface area contributed by atoms with Crippen LogP contribution in [-0.2, 0) is 32.4 Å². The van der Waals surface area contributed by atoms with Crippen LogP contribution in [0.5, 0.6) is 17.2 Å². The number of hydrogen-bond donors (Lipinski definition) is 0. The maximum atomic E-state index is 14.4. The topological polar surface area (TPSA) is 130 Å². The molecule has 0 spiro atoms. The van der Waals surface area contributed by atoms with Crippen molar-refractivity contribution in [2.24, 2.45) is 5.92 Å². The summed E-state index contributed by atoms with van der Waals surface area (Å²) in [6.07, 6.45) is 3.80. The number of fused-ring (bicyclic) bond motifs is 1. The Balaban J connectivity index is 1.47. The van der Waals surface area contributed by atoms with Gasteiger partial charge in [0.1, 0.15) is 19.0 Å². The van der Waals surface area contributed by atoms with E-state index in [4.69, 9.17) is 30.5 Å². The predicted molar refractivity (Wildman–Crippen MR) is 186 cm³/mol. The molecule has 0 aliphatic carbocycles. The Morgan fingerprint density at radius 2 is 1.66 bits per heavy atom. The average Bonchev–Trinajstić information content (AvgIpc) is 3.74. The van der Waals surface area contributed by atoms with Crippen LogP contribution in [0.4, 0.5) is 0 Å². The highest BCUT2D eigenvalue weighted by Gasteiger charge is 2.49. The molecule has 0 radical (unpaired) electrons. The number of unbranched alkanes of at least 4 members (excludes halogenated alkanes) is 2. The Labute approximate surface area is 297 Å². The highest BCUT2D eigenvalue weighted by Crippen LogP contribution is 2.48. The van der Waals surface area contributed by atoms with Crippen LogP contribution >= 0.6 is 11.6 Å². The van der Waals surface area contributed by atoms with Gasteiger partial charge in [-0.1, -0.05) is 68.6 Å². The van der Waals surface area contributed by atoms with E-state index >= 15 is 0 Å². The molecule has 3 aromatic rings. The van der Waals surface area contributed by atoms with Gasteiger partial charge in [0, 0.05) is 36.6 Å². The molecule has 3 aromatic carbocycles. The molecule has 0 unspecified atom stereocenters. The Bertz CT molecular complexity index is 1630. The van der Waals surface area contributed by atoms with Gasteiger partial charge in [-0.15, -0.1) is 10.1 Å². The minimum atomic E-state index is -0.881. The lowest BCUT2D eigenvalue weighted by molar-refractivity contribution is -0.763. The number of carbonyl (C=O) groups is 2. The number of amides is 1. The lowest BCUT2D eigenvalue weighted by Gasteiger charge is -2.30. The van der Waals surface area contributed by atoms with Crippen molar-refractivity contribution in [3.63, 3.8) is 0 Å². The fourth-order valence-electron chi connectivity index (χ4n) is 6.56. The van der Waals surface area contributed by atoms with E-state index in [2.05, 4.69) is 23.6 Å². The molecule has 2 aliphatic heterocycles. The van der Waals surface area contributed by atoms with Gasteiger partial charge < -0.3 is 28.7 Å². The van der Waals surface area contributed by atoms with Crippen molar-refractivity contribution >= 4 is 23.5 Å². The van der Waals surface area contributed by atoms with E-state index in [1.54, 1.807) is 25.3 Å². The van der Waals surface area contributed by atoms with Crippen molar-refractivity contribution in [1.82, 2.24) is 9.80 Å². The number of hydrogen-bond acceptors (Lipinski definition) is 10. The first-order valence-corrected chi connectivity index (χ1v) is 17.4. The van der Waals surface area contributed by atoms with Crippen molar-refractivity contribution < 1.29 is 38.5 Å². The highest BCUT2D eigenvalue weighted by molar-refractivity contribution is 6.31. The van der Waals surface area contributed by atoms with E-state index < -0.39 is 23.0 Å². The van der Waals surface area contributed by atoms with Crippen LogP contribution in [0.1, 0.15) is 73.7 Å². The summed E-state index contributed by atoms with van der Waals surface area (Å²) in [5.41, 5.74) is 2.78. The first-order valence-electron chi connectivity index (χ1n) is 17.0. The molecule has 3 atom stereocenters. The molecule has 1 saturated heterocycles. The van der Waals surface area contributed by atoms with Crippen LogP contribution in [0.3, 0.4) is 0 Å². The summed E-state index contributed by atoms with van der Waals surface area (Å²) >= 11 is 6.37.